The first kappa shape index (κ1) is 15.6. The lowest BCUT2D eigenvalue weighted by molar-refractivity contribution is -0.120. The Morgan fingerprint density at radius 1 is 1.33 bits per heavy atom. The van der Waals surface area contributed by atoms with Gasteiger partial charge in [0, 0.05) is 6.20 Å². The minimum absolute atomic E-state index is 0.0466. The molecule has 0 aliphatic carbocycles. The molecule has 1 aromatic carbocycles. The maximum absolute atomic E-state index is 12.1. The van der Waals surface area contributed by atoms with Crippen LogP contribution in [0.15, 0.2) is 35.3 Å². The van der Waals surface area contributed by atoms with Crippen LogP contribution < -0.4 is 16.8 Å². The summed E-state index contributed by atoms with van der Waals surface area (Å²) in [5, 5.41) is 0. The number of hydrazine groups is 1. The molecule has 0 radical (unpaired) electrons. The van der Waals surface area contributed by atoms with E-state index < -0.39 is 0 Å². The highest BCUT2D eigenvalue weighted by atomic mass is 127. The Balaban J connectivity index is 2.20. The van der Waals surface area contributed by atoms with E-state index in [1.54, 1.807) is 17.7 Å². The summed E-state index contributed by atoms with van der Waals surface area (Å²) in [5.74, 6) is 5.49. The molecule has 0 unspecified atom stereocenters. The zero-order valence-electron chi connectivity index (χ0n) is 11.5. The van der Waals surface area contributed by atoms with Crippen molar-refractivity contribution in [3.05, 3.63) is 61.3 Å². The van der Waals surface area contributed by atoms with Gasteiger partial charge < -0.3 is 0 Å². The SMILES string of the molecule is Cc1ncc(I)c(=O)n1Cc1ccc(CC(=O)NN)cc1. The average Bonchev–Trinajstić information content (AvgIpc) is 2.49. The number of aryl methyl sites for hydroxylation is 1. The number of carbonyl (C=O) groups is 1. The molecule has 6 nitrogen and oxygen atoms in total. The van der Waals surface area contributed by atoms with Crippen molar-refractivity contribution in [1.29, 1.82) is 0 Å². The second kappa shape index (κ2) is 6.81. The smallest absolute Gasteiger partial charge is 0.267 e. The molecule has 1 amide bonds. The zero-order valence-corrected chi connectivity index (χ0v) is 13.6. The monoisotopic (exact) mass is 398 g/mol. The second-order valence-corrected chi connectivity index (χ2v) is 5.77. The highest BCUT2D eigenvalue weighted by Gasteiger charge is 2.07. The number of hydrogen-bond acceptors (Lipinski definition) is 4. The molecule has 0 saturated carbocycles. The fraction of sp³-hybridized carbons (Fsp3) is 0.214. The van der Waals surface area contributed by atoms with Crippen LogP contribution in [0.25, 0.3) is 0 Å². The standard InChI is InChI=1S/C14H15IN4O2/c1-9-17-7-12(15)14(21)19(9)8-11-4-2-10(3-5-11)6-13(20)18-16/h2-5,7H,6,8,16H2,1H3,(H,18,20). The summed E-state index contributed by atoms with van der Waals surface area (Å²) in [4.78, 5) is 27.5. The maximum Gasteiger partial charge on any atom is 0.267 e. The van der Waals surface area contributed by atoms with E-state index in [1.807, 2.05) is 46.9 Å². The summed E-state index contributed by atoms with van der Waals surface area (Å²) in [6.07, 6.45) is 1.81. The predicted octanol–water partition coefficient (Wildman–Crippen LogP) is 0.737. The van der Waals surface area contributed by atoms with E-state index in [4.69, 9.17) is 5.84 Å². The number of benzene rings is 1. The minimum atomic E-state index is -0.239. The van der Waals surface area contributed by atoms with E-state index in [-0.39, 0.29) is 17.9 Å². The molecule has 7 heteroatoms. The molecule has 2 rings (SSSR count). The van der Waals surface area contributed by atoms with Crippen LogP contribution in [0.2, 0.25) is 0 Å². The lowest BCUT2D eigenvalue weighted by Gasteiger charge is -2.10. The van der Waals surface area contributed by atoms with Gasteiger partial charge in [-0.2, -0.15) is 0 Å². The zero-order chi connectivity index (χ0) is 15.4. The van der Waals surface area contributed by atoms with Gasteiger partial charge in [0.1, 0.15) is 5.82 Å². The minimum Gasteiger partial charge on any atom is -0.294 e. The van der Waals surface area contributed by atoms with Crippen LogP contribution in [0.4, 0.5) is 0 Å². The topological polar surface area (TPSA) is 90.0 Å². The fourth-order valence-electron chi connectivity index (χ4n) is 1.92. The molecular weight excluding hydrogens is 383 g/mol. The molecule has 0 saturated heterocycles. The first-order chi connectivity index (χ1) is 10.0. The molecule has 1 aromatic heterocycles. The number of carbonyl (C=O) groups excluding carboxylic acids is 1. The van der Waals surface area contributed by atoms with Crippen LogP contribution in [0, 0.1) is 10.5 Å². The predicted molar refractivity (Wildman–Crippen MR) is 87.5 cm³/mol. The molecule has 0 aliphatic heterocycles. The Morgan fingerprint density at radius 2 is 1.95 bits per heavy atom. The second-order valence-electron chi connectivity index (χ2n) is 4.61. The van der Waals surface area contributed by atoms with Crippen LogP contribution in [-0.2, 0) is 17.8 Å². The lowest BCUT2D eigenvalue weighted by atomic mass is 10.1. The van der Waals surface area contributed by atoms with Crippen molar-refractivity contribution in [2.75, 3.05) is 0 Å². The molecule has 2 aromatic rings. The molecule has 1 heterocycles. The number of halogens is 1. The summed E-state index contributed by atoms with van der Waals surface area (Å²) >= 11 is 1.98. The van der Waals surface area contributed by atoms with Crippen LogP contribution >= 0.6 is 22.6 Å². The molecule has 21 heavy (non-hydrogen) atoms. The molecule has 3 N–H and O–H groups in total. The normalized spacial score (nSPS) is 10.4. The Bertz CT molecular complexity index is 710. The third-order valence-corrected chi connectivity index (χ3v) is 3.83. The molecule has 0 bridgehead atoms. The quantitative estimate of drug-likeness (QED) is 0.344. The van der Waals surface area contributed by atoms with Gasteiger partial charge >= 0.3 is 0 Å². The summed E-state index contributed by atoms with van der Waals surface area (Å²) in [7, 11) is 0. The van der Waals surface area contributed by atoms with Crippen molar-refractivity contribution < 1.29 is 4.79 Å². The molecule has 0 fully saturated rings. The van der Waals surface area contributed by atoms with Gasteiger partial charge in [-0.05, 0) is 40.6 Å². The van der Waals surface area contributed by atoms with Gasteiger partial charge in [-0.3, -0.25) is 19.6 Å². The van der Waals surface area contributed by atoms with Crippen LogP contribution in [0.1, 0.15) is 17.0 Å². The van der Waals surface area contributed by atoms with Crippen molar-refractivity contribution in [1.82, 2.24) is 15.0 Å². The van der Waals surface area contributed by atoms with Crippen molar-refractivity contribution in [3.8, 4) is 0 Å². The number of hydrogen-bond donors (Lipinski definition) is 2. The van der Waals surface area contributed by atoms with E-state index in [0.29, 0.717) is 15.9 Å². The van der Waals surface area contributed by atoms with E-state index in [0.717, 1.165) is 11.1 Å². The summed E-state index contributed by atoms with van der Waals surface area (Å²) in [6.45, 7) is 2.26. The van der Waals surface area contributed by atoms with E-state index in [2.05, 4.69) is 10.4 Å². The average molecular weight is 398 g/mol. The highest BCUT2D eigenvalue weighted by Crippen LogP contribution is 2.08. The fourth-order valence-corrected chi connectivity index (χ4v) is 2.35. The summed E-state index contributed by atoms with van der Waals surface area (Å²) < 4.78 is 2.22. The first-order valence-corrected chi connectivity index (χ1v) is 7.38. The van der Waals surface area contributed by atoms with Crippen LogP contribution in [0.5, 0.6) is 0 Å². The van der Waals surface area contributed by atoms with Gasteiger partial charge in [0.15, 0.2) is 0 Å². The van der Waals surface area contributed by atoms with E-state index in [9.17, 15) is 9.59 Å². The molecular formula is C14H15IN4O2. The van der Waals surface area contributed by atoms with Crippen LogP contribution in [-0.4, -0.2) is 15.5 Å². The molecule has 0 aliphatic rings. The third-order valence-electron chi connectivity index (χ3n) is 3.09. The van der Waals surface area contributed by atoms with Gasteiger partial charge in [-0.1, -0.05) is 24.3 Å². The van der Waals surface area contributed by atoms with Gasteiger partial charge in [0.05, 0.1) is 16.5 Å². The van der Waals surface area contributed by atoms with Crippen molar-refractivity contribution >= 4 is 28.5 Å². The molecule has 0 atom stereocenters. The van der Waals surface area contributed by atoms with Crippen molar-refractivity contribution in [3.63, 3.8) is 0 Å². The Morgan fingerprint density at radius 3 is 2.57 bits per heavy atom. The number of nitrogens with two attached hydrogens (primary N) is 1. The Hall–Kier alpha value is -1.74. The van der Waals surface area contributed by atoms with Crippen LogP contribution in [0.3, 0.4) is 0 Å². The number of amides is 1. The van der Waals surface area contributed by atoms with Gasteiger partial charge in [0.25, 0.3) is 5.56 Å². The Labute approximate surface area is 135 Å². The molecule has 0 spiro atoms. The molecule has 110 valence electrons. The largest absolute Gasteiger partial charge is 0.294 e. The summed E-state index contributed by atoms with van der Waals surface area (Å²) in [6, 6.07) is 7.49. The highest BCUT2D eigenvalue weighted by molar-refractivity contribution is 14.1. The van der Waals surface area contributed by atoms with Gasteiger partial charge in [0.2, 0.25) is 5.91 Å². The van der Waals surface area contributed by atoms with Gasteiger partial charge in [-0.15, -0.1) is 0 Å². The first-order valence-electron chi connectivity index (χ1n) is 6.30. The van der Waals surface area contributed by atoms with Crippen molar-refractivity contribution in [2.45, 2.75) is 19.9 Å². The number of nitrogens with zero attached hydrogens (tertiary/aromatic N) is 2. The Kier molecular flexibility index (Phi) is 5.07. The maximum atomic E-state index is 12.1. The number of rotatable bonds is 4. The number of aromatic nitrogens is 2. The van der Waals surface area contributed by atoms with Crippen molar-refractivity contribution in [2.24, 2.45) is 5.84 Å². The van der Waals surface area contributed by atoms with Gasteiger partial charge in [-0.25, -0.2) is 10.8 Å². The van der Waals surface area contributed by atoms with E-state index >= 15 is 0 Å². The number of nitrogens with one attached hydrogen (secondary N) is 1. The van der Waals surface area contributed by atoms with E-state index in [1.165, 1.54) is 0 Å². The lowest BCUT2D eigenvalue weighted by Crippen LogP contribution is -2.31. The summed E-state index contributed by atoms with van der Waals surface area (Å²) in [5.41, 5.74) is 3.89. The third kappa shape index (κ3) is 3.88.